The average Bonchev–Trinajstić information content (AvgIpc) is 2.90. The van der Waals surface area contributed by atoms with E-state index in [2.05, 4.69) is 34.4 Å². The van der Waals surface area contributed by atoms with Crippen molar-refractivity contribution in [1.29, 1.82) is 0 Å². The van der Waals surface area contributed by atoms with E-state index >= 15 is 0 Å². The minimum Gasteiger partial charge on any atom is -0.508 e. The highest BCUT2D eigenvalue weighted by atomic mass is 16.5. The maximum atomic E-state index is 9.98. The molecule has 1 saturated heterocycles. The molecule has 5 nitrogen and oxygen atoms in total. The van der Waals surface area contributed by atoms with E-state index in [1.165, 1.54) is 16.3 Å². The highest BCUT2D eigenvalue weighted by molar-refractivity contribution is 6.09. The summed E-state index contributed by atoms with van der Waals surface area (Å²) in [5.74, 6) is 0.302. The molecule has 1 N–H and O–H groups in total. The molecule has 0 aliphatic carbocycles. The summed E-state index contributed by atoms with van der Waals surface area (Å²) in [5, 5.41) is 12.3. The topological polar surface area (TPSA) is 50.5 Å². The third-order valence-corrected chi connectivity index (χ3v) is 5.06. The summed E-state index contributed by atoms with van der Waals surface area (Å²) in [6.07, 6.45) is 1.86. The van der Waals surface area contributed by atoms with Crippen LogP contribution in [0.25, 0.3) is 21.8 Å². The first kappa shape index (κ1) is 15.4. The molecule has 0 saturated carbocycles. The lowest BCUT2D eigenvalue weighted by Crippen LogP contribution is -2.43. The Morgan fingerprint density at radius 3 is 2.79 bits per heavy atom. The number of pyridine rings is 1. The van der Waals surface area contributed by atoms with E-state index in [1.807, 2.05) is 18.3 Å². The number of fused-ring (bicyclic) bond motifs is 3. The number of ether oxygens (including phenoxy) is 1. The summed E-state index contributed by atoms with van der Waals surface area (Å²) < 4.78 is 7.78. The Morgan fingerprint density at radius 2 is 2.00 bits per heavy atom. The van der Waals surface area contributed by atoms with Crippen molar-refractivity contribution in [3.63, 3.8) is 0 Å². The van der Waals surface area contributed by atoms with E-state index in [1.54, 1.807) is 6.07 Å². The average molecular weight is 325 g/mol. The van der Waals surface area contributed by atoms with Crippen LogP contribution in [0.1, 0.15) is 12.6 Å². The fourth-order valence-corrected chi connectivity index (χ4v) is 3.80. The second kappa shape index (κ2) is 6.07. The van der Waals surface area contributed by atoms with E-state index < -0.39 is 0 Å². The van der Waals surface area contributed by atoms with E-state index in [-0.39, 0.29) is 0 Å². The number of rotatable bonds is 3. The fourth-order valence-electron chi connectivity index (χ4n) is 3.80. The van der Waals surface area contributed by atoms with Gasteiger partial charge in [0.2, 0.25) is 0 Å². The molecule has 0 amide bonds. The number of aromatic hydroxyl groups is 1. The van der Waals surface area contributed by atoms with Gasteiger partial charge in [-0.25, -0.2) is 0 Å². The lowest BCUT2D eigenvalue weighted by Gasteiger charge is -2.32. The zero-order valence-electron chi connectivity index (χ0n) is 14.2. The molecule has 5 heteroatoms. The van der Waals surface area contributed by atoms with Gasteiger partial charge < -0.3 is 14.4 Å². The maximum Gasteiger partial charge on any atom is 0.117 e. The second-order valence-corrected chi connectivity index (χ2v) is 6.60. The summed E-state index contributed by atoms with van der Waals surface area (Å²) in [6.45, 7) is 8.74. The van der Waals surface area contributed by atoms with Crippen molar-refractivity contribution in [3.8, 4) is 5.75 Å². The fraction of sp³-hybridized carbons (Fsp3) is 0.421. The predicted octanol–water partition coefficient (Wildman–Crippen LogP) is 2.92. The normalized spacial score (nSPS) is 17.6. The van der Waals surface area contributed by atoms with Gasteiger partial charge in [-0.3, -0.25) is 9.88 Å². The standard InChI is InChI=1S/C19H23N3O2/c1-13(21-7-9-24-10-8-21)12-22-18-11-15(23)3-4-16(18)17-5-6-20-14(2)19(17)22/h3-6,11,13,23H,7-10,12H2,1-2H3. The Morgan fingerprint density at radius 1 is 1.21 bits per heavy atom. The van der Waals surface area contributed by atoms with Crippen LogP contribution in [-0.4, -0.2) is 51.9 Å². The van der Waals surface area contributed by atoms with Crippen LogP contribution in [0, 0.1) is 6.92 Å². The van der Waals surface area contributed by atoms with Crippen LogP contribution in [0.4, 0.5) is 0 Å². The Bertz CT molecular complexity index is 881. The molecular weight excluding hydrogens is 302 g/mol. The summed E-state index contributed by atoms with van der Waals surface area (Å²) in [5.41, 5.74) is 3.26. The molecule has 126 valence electrons. The van der Waals surface area contributed by atoms with E-state index in [9.17, 15) is 5.11 Å². The van der Waals surface area contributed by atoms with Crippen LogP contribution in [0.2, 0.25) is 0 Å². The molecule has 0 spiro atoms. The molecule has 1 fully saturated rings. The smallest absolute Gasteiger partial charge is 0.117 e. The molecule has 2 aromatic heterocycles. The Hall–Kier alpha value is -2.11. The van der Waals surface area contributed by atoms with E-state index in [0.29, 0.717) is 11.8 Å². The van der Waals surface area contributed by atoms with Crippen molar-refractivity contribution < 1.29 is 9.84 Å². The number of aromatic nitrogens is 2. The van der Waals surface area contributed by atoms with Crippen molar-refractivity contribution in [2.45, 2.75) is 26.4 Å². The molecule has 1 aliphatic rings. The first-order valence-electron chi connectivity index (χ1n) is 8.53. The molecule has 0 radical (unpaired) electrons. The Balaban J connectivity index is 1.83. The molecule has 1 aliphatic heterocycles. The maximum absolute atomic E-state index is 9.98. The van der Waals surface area contributed by atoms with Gasteiger partial charge in [0.15, 0.2) is 0 Å². The molecule has 3 aromatic rings. The van der Waals surface area contributed by atoms with Gasteiger partial charge in [-0.2, -0.15) is 0 Å². The van der Waals surface area contributed by atoms with Crippen LogP contribution in [0.15, 0.2) is 30.5 Å². The number of aryl methyl sites for hydroxylation is 1. The highest BCUT2D eigenvalue weighted by Gasteiger charge is 2.20. The molecule has 1 unspecified atom stereocenters. The van der Waals surface area contributed by atoms with Gasteiger partial charge in [-0.15, -0.1) is 0 Å². The number of morpholine rings is 1. The molecule has 4 rings (SSSR count). The van der Waals surface area contributed by atoms with Crippen molar-refractivity contribution in [2.75, 3.05) is 26.3 Å². The third kappa shape index (κ3) is 2.54. The number of hydrogen-bond donors (Lipinski definition) is 1. The minimum atomic E-state index is 0.302. The van der Waals surface area contributed by atoms with Gasteiger partial charge in [-0.1, -0.05) is 0 Å². The molecular formula is C19H23N3O2. The van der Waals surface area contributed by atoms with Crippen LogP contribution >= 0.6 is 0 Å². The predicted molar refractivity (Wildman–Crippen MR) is 95.5 cm³/mol. The first-order chi connectivity index (χ1) is 11.6. The molecule has 1 aromatic carbocycles. The Kier molecular flexibility index (Phi) is 3.90. The van der Waals surface area contributed by atoms with Gasteiger partial charge in [0.05, 0.1) is 29.9 Å². The van der Waals surface area contributed by atoms with Gasteiger partial charge >= 0.3 is 0 Å². The van der Waals surface area contributed by atoms with Crippen LogP contribution in [0.5, 0.6) is 5.75 Å². The zero-order chi connectivity index (χ0) is 16.7. The van der Waals surface area contributed by atoms with Crippen molar-refractivity contribution in [1.82, 2.24) is 14.5 Å². The third-order valence-electron chi connectivity index (χ3n) is 5.06. The second-order valence-electron chi connectivity index (χ2n) is 6.60. The van der Waals surface area contributed by atoms with Gasteiger partial charge in [0, 0.05) is 48.7 Å². The van der Waals surface area contributed by atoms with Crippen LogP contribution < -0.4 is 0 Å². The molecule has 1 atom stereocenters. The molecule has 0 bridgehead atoms. The van der Waals surface area contributed by atoms with E-state index in [0.717, 1.165) is 44.1 Å². The number of benzene rings is 1. The SMILES string of the molecule is Cc1nccc2c3ccc(O)cc3n(CC(C)N3CCOCC3)c12. The van der Waals surface area contributed by atoms with Crippen molar-refractivity contribution in [3.05, 3.63) is 36.2 Å². The van der Waals surface area contributed by atoms with Crippen LogP contribution in [-0.2, 0) is 11.3 Å². The molecule has 24 heavy (non-hydrogen) atoms. The Labute approximate surface area is 141 Å². The van der Waals surface area contributed by atoms with Gasteiger partial charge in [0.1, 0.15) is 5.75 Å². The number of nitrogens with zero attached hydrogens (tertiary/aromatic N) is 3. The van der Waals surface area contributed by atoms with Gasteiger partial charge in [-0.05, 0) is 32.0 Å². The monoisotopic (exact) mass is 325 g/mol. The number of hydrogen-bond acceptors (Lipinski definition) is 4. The van der Waals surface area contributed by atoms with Crippen molar-refractivity contribution >= 4 is 21.8 Å². The quantitative estimate of drug-likeness (QED) is 0.804. The summed E-state index contributed by atoms with van der Waals surface area (Å²) in [4.78, 5) is 6.96. The zero-order valence-corrected chi connectivity index (χ0v) is 14.2. The lowest BCUT2D eigenvalue weighted by molar-refractivity contribution is 0.0174. The van der Waals surface area contributed by atoms with Gasteiger partial charge in [0.25, 0.3) is 0 Å². The van der Waals surface area contributed by atoms with E-state index in [4.69, 9.17) is 4.74 Å². The molecule has 3 heterocycles. The highest BCUT2D eigenvalue weighted by Crippen LogP contribution is 2.32. The largest absolute Gasteiger partial charge is 0.508 e. The summed E-state index contributed by atoms with van der Waals surface area (Å²) in [7, 11) is 0. The summed E-state index contributed by atoms with van der Waals surface area (Å²) in [6, 6.07) is 8.09. The van der Waals surface area contributed by atoms with Crippen LogP contribution in [0.3, 0.4) is 0 Å². The van der Waals surface area contributed by atoms with Crippen molar-refractivity contribution in [2.24, 2.45) is 0 Å². The number of phenols is 1. The number of phenolic OH excluding ortho intramolecular Hbond substituents is 1. The first-order valence-corrected chi connectivity index (χ1v) is 8.53. The minimum absolute atomic E-state index is 0.302. The summed E-state index contributed by atoms with van der Waals surface area (Å²) >= 11 is 0. The lowest BCUT2D eigenvalue weighted by atomic mass is 10.1.